The topological polar surface area (TPSA) is 67.1 Å². The van der Waals surface area contributed by atoms with Crippen molar-refractivity contribution in [1.82, 2.24) is 15.0 Å². The Labute approximate surface area is 157 Å². The average Bonchev–Trinajstić information content (AvgIpc) is 3.03. The molecule has 0 aliphatic carbocycles. The Morgan fingerprint density at radius 2 is 1.78 bits per heavy atom. The smallest absolute Gasteiger partial charge is 0.233 e. The van der Waals surface area contributed by atoms with Gasteiger partial charge in [-0.25, -0.2) is 0 Å². The number of nitrogens with one attached hydrogen (secondary N) is 1. The zero-order valence-corrected chi connectivity index (χ0v) is 15.6. The van der Waals surface area contributed by atoms with Crippen LogP contribution in [0.25, 0.3) is 22.2 Å². The van der Waals surface area contributed by atoms with Gasteiger partial charge in [0.15, 0.2) is 0 Å². The Balaban J connectivity index is 1.86. The zero-order chi connectivity index (χ0) is 18.8. The molecule has 136 valence electrons. The fourth-order valence-corrected chi connectivity index (χ4v) is 3.06. The summed E-state index contributed by atoms with van der Waals surface area (Å²) in [5.74, 6) is 2.16. The van der Waals surface area contributed by atoms with E-state index in [0.717, 1.165) is 33.8 Å². The minimum absolute atomic E-state index is 0.568. The number of hydrogen-bond acceptors (Lipinski definition) is 6. The number of anilines is 2. The molecular formula is C21H21N5O. The highest BCUT2D eigenvalue weighted by Crippen LogP contribution is 2.38. The van der Waals surface area contributed by atoms with Gasteiger partial charge in [-0.15, -0.1) is 0 Å². The first-order valence-corrected chi connectivity index (χ1v) is 8.81. The highest BCUT2D eigenvalue weighted by atomic mass is 16.3. The standard InChI is InChI=1S/C21H21N5O/c1-14-17(15-9-5-4-6-10-15)18-19(23-13-16-11-7-8-12-22-16)24-21(26(2)3)25-20(18)27-14/h4-12H,13H2,1-3H3,(H,23,24,25). The number of hydrogen-bond donors (Lipinski definition) is 1. The van der Waals surface area contributed by atoms with Gasteiger partial charge in [0.25, 0.3) is 0 Å². The molecule has 0 saturated carbocycles. The summed E-state index contributed by atoms with van der Waals surface area (Å²) < 4.78 is 6.00. The van der Waals surface area contributed by atoms with Crippen LogP contribution < -0.4 is 10.2 Å². The minimum atomic E-state index is 0.568. The molecule has 3 aromatic heterocycles. The summed E-state index contributed by atoms with van der Waals surface area (Å²) in [6.07, 6.45) is 1.79. The van der Waals surface area contributed by atoms with E-state index in [2.05, 4.69) is 27.4 Å². The summed E-state index contributed by atoms with van der Waals surface area (Å²) in [7, 11) is 3.83. The fourth-order valence-electron chi connectivity index (χ4n) is 3.06. The van der Waals surface area contributed by atoms with E-state index in [1.54, 1.807) is 6.20 Å². The first kappa shape index (κ1) is 17.0. The van der Waals surface area contributed by atoms with E-state index in [-0.39, 0.29) is 0 Å². The van der Waals surface area contributed by atoms with Crippen LogP contribution in [0.2, 0.25) is 0 Å². The highest BCUT2D eigenvalue weighted by molar-refractivity contribution is 6.01. The number of pyridine rings is 1. The lowest BCUT2D eigenvalue weighted by molar-refractivity contribution is 0.568. The van der Waals surface area contributed by atoms with Gasteiger partial charge >= 0.3 is 0 Å². The third-order valence-corrected chi connectivity index (χ3v) is 4.34. The molecular weight excluding hydrogens is 338 g/mol. The Hall–Kier alpha value is -3.41. The number of aryl methyl sites for hydroxylation is 1. The molecule has 0 aliphatic heterocycles. The molecule has 4 rings (SSSR count). The van der Waals surface area contributed by atoms with E-state index in [9.17, 15) is 0 Å². The van der Waals surface area contributed by atoms with Gasteiger partial charge in [-0.05, 0) is 24.6 Å². The summed E-state index contributed by atoms with van der Waals surface area (Å²) in [5, 5.41) is 4.31. The lowest BCUT2D eigenvalue weighted by atomic mass is 10.0. The van der Waals surface area contributed by atoms with E-state index in [4.69, 9.17) is 9.40 Å². The van der Waals surface area contributed by atoms with Gasteiger partial charge in [-0.1, -0.05) is 36.4 Å². The molecule has 1 aromatic carbocycles. The highest BCUT2D eigenvalue weighted by Gasteiger charge is 2.20. The summed E-state index contributed by atoms with van der Waals surface area (Å²) >= 11 is 0. The summed E-state index contributed by atoms with van der Waals surface area (Å²) in [4.78, 5) is 15.6. The molecule has 0 atom stereocenters. The van der Waals surface area contributed by atoms with E-state index >= 15 is 0 Å². The fraction of sp³-hybridized carbons (Fsp3) is 0.190. The average molecular weight is 359 g/mol. The van der Waals surface area contributed by atoms with Gasteiger partial charge < -0.3 is 14.6 Å². The van der Waals surface area contributed by atoms with Gasteiger partial charge in [0.2, 0.25) is 11.7 Å². The third kappa shape index (κ3) is 3.33. The molecule has 1 N–H and O–H groups in total. The van der Waals surface area contributed by atoms with Crippen LogP contribution in [-0.2, 0) is 6.54 Å². The Kier molecular flexibility index (Phi) is 4.46. The second-order valence-corrected chi connectivity index (χ2v) is 6.52. The van der Waals surface area contributed by atoms with Crippen LogP contribution in [0, 0.1) is 6.92 Å². The molecule has 6 nitrogen and oxygen atoms in total. The number of furan rings is 1. The van der Waals surface area contributed by atoms with Crippen LogP contribution in [0.4, 0.5) is 11.8 Å². The first-order chi connectivity index (χ1) is 13.1. The molecule has 6 heteroatoms. The van der Waals surface area contributed by atoms with Crippen LogP contribution in [0.3, 0.4) is 0 Å². The molecule has 3 heterocycles. The largest absolute Gasteiger partial charge is 0.442 e. The molecule has 0 spiro atoms. The Bertz CT molecular complexity index is 1060. The van der Waals surface area contributed by atoms with Gasteiger partial charge in [-0.2, -0.15) is 9.97 Å². The van der Waals surface area contributed by atoms with Crippen molar-refractivity contribution in [3.63, 3.8) is 0 Å². The molecule has 0 fully saturated rings. The number of benzene rings is 1. The predicted octanol–water partition coefficient (Wildman–Crippen LogP) is 4.27. The molecule has 4 aromatic rings. The molecule has 0 unspecified atom stereocenters. The summed E-state index contributed by atoms with van der Waals surface area (Å²) in [5.41, 5.74) is 3.61. The van der Waals surface area contributed by atoms with Crippen LogP contribution in [-0.4, -0.2) is 29.0 Å². The maximum atomic E-state index is 6.00. The van der Waals surface area contributed by atoms with Crippen molar-refractivity contribution in [2.75, 3.05) is 24.3 Å². The third-order valence-electron chi connectivity index (χ3n) is 4.34. The lowest BCUT2D eigenvalue weighted by Gasteiger charge is -2.13. The van der Waals surface area contributed by atoms with E-state index in [0.29, 0.717) is 18.2 Å². The number of nitrogens with zero attached hydrogens (tertiary/aromatic N) is 4. The van der Waals surface area contributed by atoms with Crippen LogP contribution in [0.5, 0.6) is 0 Å². The maximum absolute atomic E-state index is 6.00. The van der Waals surface area contributed by atoms with Crippen molar-refractivity contribution in [1.29, 1.82) is 0 Å². The van der Waals surface area contributed by atoms with Gasteiger partial charge in [-0.3, -0.25) is 4.98 Å². The van der Waals surface area contributed by atoms with E-state index < -0.39 is 0 Å². The van der Waals surface area contributed by atoms with Crippen molar-refractivity contribution in [3.8, 4) is 11.1 Å². The Morgan fingerprint density at radius 3 is 2.48 bits per heavy atom. The monoisotopic (exact) mass is 359 g/mol. The summed E-state index contributed by atoms with van der Waals surface area (Å²) in [6.45, 7) is 2.53. The van der Waals surface area contributed by atoms with Crippen LogP contribution in [0.15, 0.2) is 59.1 Å². The van der Waals surface area contributed by atoms with E-state index in [1.807, 2.05) is 62.3 Å². The number of rotatable bonds is 5. The minimum Gasteiger partial charge on any atom is -0.442 e. The van der Waals surface area contributed by atoms with Crippen LogP contribution in [0.1, 0.15) is 11.5 Å². The second kappa shape index (κ2) is 7.07. The van der Waals surface area contributed by atoms with Crippen molar-refractivity contribution >= 4 is 22.9 Å². The zero-order valence-electron chi connectivity index (χ0n) is 15.6. The quantitative estimate of drug-likeness (QED) is 0.574. The number of aromatic nitrogens is 3. The molecule has 27 heavy (non-hydrogen) atoms. The van der Waals surface area contributed by atoms with Crippen molar-refractivity contribution in [3.05, 3.63) is 66.2 Å². The first-order valence-electron chi connectivity index (χ1n) is 8.81. The molecule has 0 saturated heterocycles. The molecule has 0 amide bonds. The van der Waals surface area contributed by atoms with Crippen molar-refractivity contribution in [2.24, 2.45) is 0 Å². The van der Waals surface area contributed by atoms with Crippen LogP contribution >= 0.6 is 0 Å². The summed E-state index contributed by atoms with van der Waals surface area (Å²) in [6, 6.07) is 16.0. The SMILES string of the molecule is Cc1oc2nc(N(C)C)nc(NCc3ccccn3)c2c1-c1ccccc1. The van der Waals surface area contributed by atoms with Crippen molar-refractivity contribution < 1.29 is 4.42 Å². The molecule has 0 bridgehead atoms. The van der Waals surface area contributed by atoms with Crippen molar-refractivity contribution in [2.45, 2.75) is 13.5 Å². The number of fused-ring (bicyclic) bond motifs is 1. The predicted molar refractivity (Wildman–Crippen MR) is 108 cm³/mol. The maximum Gasteiger partial charge on any atom is 0.233 e. The van der Waals surface area contributed by atoms with Gasteiger partial charge in [0.1, 0.15) is 11.6 Å². The van der Waals surface area contributed by atoms with E-state index in [1.165, 1.54) is 0 Å². The second-order valence-electron chi connectivity index (χ2n) is 6.52. The normalized spacial score (nSPS) is 10.9. The van der Waals surface area contributed by atoms with Gasteiger partial charge in [0.05, 0.1) is 17.6 Å². The lowest BCUT2D eigenvalue weighted by Crippen LogP contribution is -2.14. The van der Waals surface area contributed by atoms with Gasteiger partial charge in [0, 0.05) is 25.9 Å². The molecule has 0 aliphatic rings. The molecule has 0 radical (unpaired) electrons. The Morgan fingerprint density at radius 1 is 1.00 bits per heavy atom.